The highest BCUT2D eigenvalue weighted by molar-refractivity contribution is 5.97. The van der Waals surface area contributed by atoms with E-state index in [4.69, 9.17) is 4.42 Å². The largest absolute Gasteiger partial charge is 0.461 e. The fraction of sp³-hybridized carbons (Fsp3) is 0.304. The highest BCUT2D eigenvalue weighted by Crippen LogP contribution is 2.31. The Morgan fingerprint density at radius 1 is 1.15 bits per heavy atom. The first-order chi connectivity index (χ1) is 12.8. The second-order valence-corrected chi connectivity index (χ2v) is 7.49. The molecule has 26 heavy (non-hydrogen) atoms. The van der Waals surface area contributed by atoms with E-state index in [0.29, 0.717) is 6.04 Å². The number of H-pyrrole nitrogens is 1. The van der Waals surface area contributed by atoms with Crippen LogP contribution in [0.3, 0.4) is 0 Å². The van der Waals surface area contributed by atoms with E-state index in [2.05, 4.69) is 65.3 Å². The van der Waals surface area contributed by atoms with E-state index < -0.39 is 0 Å². The lowest BCUT2D eigenvalue weighted by Crippen LogP contribution is -2.28. The molecule has 1 atom stereocenters. The maximum Gasteiger partial charge on any atom is 0.134 e. The third-order valence-electron chi connectivity index (χ3n) is 5.81. The van der Waals surface area contributed by atoms with Gasteiger partial charge in [0.25, 0.3) is 0 Å². The van der Waals surface area contributed by atoms with Crippen LogP contribution in [0.5, 0.6) is 0 Å². The van der Waals surface area contributed by atoms with E-state index in [1.807, 2.05) is 6.20 Å². The van der Waals surface area contributed by atoms with Crippen LogP contribution in [0.15, 0.2) is 59.1 Å². The smallest absolute Gasteiger partial charge is 0.134 e. The third-order valence-corrected chi connectivity index (χ3v) is 5.81. The molecule has 1 saturated heterocycles. The fourth-order valence-corrected chi connectivity index (χ4v) is 4.29. The van der Waals surface area contributed by atoms with Gasteiger partial charge in [0.05, 0.1) is 0 Å². The van der Waals surface area contributed by atoms with Crippen molar-refractivity contribution < 1.29 is 4.42 Å². The monoisotopic (exact) mass is 344 g/mol. The van der Waals surface area contributed by atoms with Gasteiger partial charge in [0.1, 0.15) is 11.3 Å². The van der Waals surface area contributed by atoms with Crippen LogP contribution in [0.25, 0.3) is 33.0 Å². The van der Waals surface area contributed by atoms with Crippen LogP contribution in [-0.4, -0.2) is 29.0 Å². The molecule has 0 radical (unpaired) electrons. The molecule has 1 aliphatic rings. The highest BCUT2D eigenvalue weighted by atomic mass is 16.3. The number of furan rings is 1. The molecule has 2 aromatic heterocycles. The van der Waals surface area contributed by atoms with Crippen molar-refractivity contribution in [3.05, 3.63) is 60.5 Å². The van der Waals surface area contributed by atoms with Crippen LogP contribution in [-0.2, 0) is 6.42 Å². The average Bonchev–Trinajstić information content (AvgIpc) is 3.38. The van der Waals surface area contributed by atoms with Crippen LogP contribution < -0.4 is 0 Å². The zero-order chi connectivity index (χ0) is 17.5. The van der Waals surface area contributed by atoms with Gasteiger partial charge in [-0.25, -0.2) is 0 Å². The Bertz CT molecular complexity index is 1060. The molecule has 1 N–H and O–H groups in total. The summed E-state index contributed by atoms with van der Waals surface area (Å²) in [6.45, 7) is 4.66. The number of hydrogen-bond donors (Lipinski definition) is 1. The molecule has 5 rings (SSSR count). The quantitative estimate of drug-likeness (QED) is 0.522. The standard InChI is InChI=1S/C23H24N2O/c1-16-4-3-12-25(16)13-10-19-14-18-8-7-17(15-23(18)26-19)20-5-2-6-22-21(20)9-11-24-22/h2,5-9,11,14-16,24H,3-4,10,12-13H2,1H3/t16-/m1/s1. The van der Waals surface area contributed by atoms with E-state index >= 15 is 0 Å². The van der Waals surface area contributed by atoms with E-state index in [9.17, 15) is 0 Å². The summed E-state index contributed by atoms with van der Waals surface area (Å²) < 4.78 is 6.18. The molecule has 3 heteroatoms. The third kappa shape index (κ3) is 2.73. The SMILES string of the molecule is C[C@@H]1CCCN1CCc1cc2ccc(-c3cccc4[nH]ccc34)cc2o1. The lowest BCUT2D eigenvalue weighted by molar-refractivity contribution is 0.266. The van der Waals surface area contributed by atoms with Gasteiger partial charge in [0.2, 0.25) is 0 Å². The van der Waals surface area contributed by atoms with Crippen molar-refractivity contribution in [1.82, 2.24) is 9.88 Å². The number of aromatic amines is 1. The number of aromatic nitrogens is 1. The highest BCUT2D eigenvalue weighted by Gasteiger charge is 2.20. The molecule has 0 saturated carbocycles. The molecular formula is C23H24N2O. The molecule has 0 amide bonds. The van der Waals surface area contributed by atoms with Crippen molar-refractivity contribution in [1.29, 1.82) is 0 Å². The van der Waals surface area contributed by atoms with Gasteiger partial charge >= 0.3 is 0 Å². The van der Waals surface area contributed by atoms with Crippen LogP contribution >= 0.6 is 0 Å². The minimum Gasteiger partial charge on any atom is -0.461 e. The summed E-state index contributed by atoms with van der Waals surface area (Å²) in [6.07, 6.45) is 5.64. The predicted octanol–water partition coefficient (Wildman–Crippen LogP) is 5.61. The second kappa shape index (κ2) is 6.33. The first-order valence-electron chi connectivity index (χ1n) is 9.61. The Morgan fingerprint density at radius 2 is 2.12 bits per heavy atom. The van der Waals surface area contributed by atoms with Crippen molar-refractivity contribution in [2.75, 3.05) is 13.1 Å². The molecule has 132 valence electrons. The zero-order valence-electron chi connectivity index (χ0n) is 15.2. The summed E-state index contributed by atoms with van der Waals surface area (Å²) in [5.74, 6) is 1.09. The molecule has 3 nitrogen and oxygen atoms in total. The van der Waals surface area contributed by atoms with E-state index in [1.165, 1.54) is 46.8 Å². The van der Waals surface area contributed by atoms with Crippen molar-refractivity contribution in [3.63, 3.8) is 0 Å². The number of rotatable bonds is 4. The lowest BCUT2D eigenvalue weighted by atomic mass is 10.0. The van der Waals surface area contributed by atoms with Gasteiger partial charge in [0, 0.05) is 41.5 Å². The van der Waals surface area contributed by atoms with Gasteiger partial charge < -0.3 is 14.3 Å². The molecular weight excluding hydrogens is 320 g/mol. The Morgan fingerprint density at radius 3 is 3.00 bits per heavy atom. The normalized spacial score (nSPS) is 18.3. The molecule has 4 aromatic rings. The molecule has 3 heterocycles. The molecule has 0 bridgehead atoms. The van der Waals surface area contributed by atoms with Crippen molar-refractivity contribution in [2.24, 2.45) is 0 Å². The van der Waals surface area contributed by atoms with Crippen LogP contribution in [0, 0.1) is 0 Å². The summed E-state index contributed by atoms with van der Waals surface area (Å²) >= 11 is 0. The summed E-state index contributed by atoms with van der Waals surface area (Å²) in [5, 5.41) is 2.45. The minimum absolute atomic E-state index is 0.716. The summed E-state index contributed by atoms with van der Waals surface area (Å²) in [4.78, 5) is 5.86. The van der Waals surface area contributed by atoms with Crippen LogP contribution in [0.4, 0.5) is 0 Å². The predicted molar refractivity (Wildman–Crippen MR) is 107 cm³/mol. The van der Waals surface area contributed by atoms with Gasteiger partial charge in [0.15, 0.2) is 0 Å². The minimum atomic E-state index is 0.716. The number of benzene rings is 2. The summed E-state index contributed by atoms with van der Waals surface area (Å²) in [7, 11) is 0. The topological polar surface area (TPSA) is 32.2 Å². The van der Waals surface area contributed by atoms with Gasteiger partial charge in [-0.2, -0.15) is 0 Å². The molecule has 0 spiro atoms. The maximum atomic E-state index is 6.18. The lowest BCUT2D eigenvalue weighted by Gasteiger charge is -2.19. The number of fused-ring (bicyclic) bond motifs is 2. The van der Waals surface area contributed by atoms with Gasteiger partial charge in [-0.3, -0.25) is 0 Å². The Balaban J connectivity index is 1.44. The van der Waals surface area contributed by atoms with E-state index in [0.717, 1.165) is 24.3 Å². The zero-order valence-corrected chi connectivity index (χ0v) is 15.2. The Hall–Kier alpha value is -2.52. The number of nitrogens with zero attached hydrogens (tertiary/aromatic N) is 1. The molecule has 1 fully saturated rings. The Labute approximate surface area is 153 Å². The number of hydrogen-bond acceptors (Lipinski definition) is 2. The number of nitrogens with one attached hydrogen (secondary N) is 1. The average molecular weight is 344 g/mol. The van der Waals surface area contributed by atoms with Gasteiger partial charge in [-0.05, 0) is 61.7 Å². The van der Waals surface area contributed by atoms with Gasteiger partial charge in [-0.15, -0.1) is 0 Å². The van der Waals surface area contributed by atoms with Crippen molar-refractivity contribution in [3.8, 4) is 11.1 Å². The summed E-state index contributed by atoms with van der Waals surface area (Å²) in [5.41, 5.74) is 4.60. The van der Waals surface area contributed by atoms with Gasteiger partial charge in [-0.1, -0.05) is 24.3 Å². The molecule has 1 aliphatic heterocycles. The molecule has 0 aliphatic carbocycles. The van der Waals surface area contributed by atoms with E-state index in [1.54, 1.807) is 0 Å². The van der Waals surface area contributed by atoms with Crippen LogP contribution in [0.2, 0.25) is 0 Å². The fourth-order valence-electron chi connectivity index (χ4n) is 4.29. The maximum absolute atomic E-state index is 6.18. The number of likely N-dealkylation sites (tertiary alicyclic amines) is 1. The van der Waals surface area contributed by atoms with Crippen molar-refractivity contribution in [2.45, 2.75) is 32.2 Å². The molecule has 0 unspecified atom stereocenters. The van der Waals surface area contributed by atoms with Crippen LogP contribution in [0.1, 0.15) is 25.5 Å². The van der Waals surface area contributed by atoms with E-state index in [-0.39, 0.29) is 0 Å². The first-order valence-corrected chi connectivity index (χ1v) is 9.61. The Kier molecular flexibility index (Phi) is 3.83. The summed E-state index contributed by atoms with van der Waals surface area (Å²) in [6, 6.07) is 18.0. The molecule has 2 aromatic carbocycles. The van der Waals surface area contributed by atoms with Crippen molar-refractivity contribution >= 4 is 21.9 Å². The second-order valence-electron chi connectivity index (χ2n) is 7.49. The first kappa shape index (κ1) is 15.7.